The van der Waals surface area contributed by atoms with Gasteiger partial charge >= 0.3 is 0 Å². The number of aryl methyl sites for hydroxylation is 1. The molecule has 2 saturated heterocycles. The Bertz CT molecular complexity index is 1000. The number of carbonyl (C=O) groups is 3. The van der Waals surface area contributed by atoms with Gasteiger partial charge in [-0.15, -0.1) is 0 Å². The van der Waals surface area contributed by atoms with E-state index in [1.54, 1.807) is 4.90 Å². The lowest BCUT2D eigenvalue weighted by atomic mass is 10.1. The fourth-order valence-corrected chi connectivity index (χ4v) is 4.23. The molecule has 4 rings (SSSR count). The molecular weight excluding hydrogens is 378 g/mol. The zero-order valence-corrected chi connectivity index (χ0v) is 17.5. The van der Waals surface area contributed by atoms with E-state index < -0.39 is 0 Å². The van der Waals surface area contributed by atoms with E-state index in [-0.39, 0.29) is 30.1 Å². The molecule has 0 bridgehead atoms. The Balaban J connectivity index is 1.42. The number of carbonyl (C=O) groups excluding carboxylic acids is 3. The van der Waals surface area contributed by atoms with Crippen LogP contribution in [0.15, 0.2) is 42.5 Å². The van der Waals surface area contributed by atoms with Gasteiger partial charge in [0, 0.05) is 43.9 Å². The average molecular weight is 405 g/mol. The van der Waals surface area contributed by atoms with Gasteiger partial charge in [0.1, 0.15) is 0 Å². The van der Waals surface area contributed by atoms with E-state index in [4.69, 9.17) is 0 Å². The number of nitrogens with one attached hydrogen (secondary N) is 1. The second-order valence-electron chi connectivity index (χ2n) is 8.23. The van der Waals surface area contributed by atoms with Crippen LogP contribution in [0.5, 0.6) is 0 Å². The predicted molar refractivity (Wildman–Crippen MR) is 116 cm³/mol. The molecule has 0 saturated carbocycles. The minimum Gasteiger partial charge on any atom is -0.338 e. The lowest BCUT2D eigenvalue weighted by Crippen LogP contribution is -2.28. The molecule has 0 radical (unpaired) electrons. The first-order valence-electron chi connectivity index (χ1n) is 10.5. The summed E-state index contributed by atoms with van der Waals surface area (Å²) in [5, 5.41) is 2.96. The summed E-state index contributed by atoms with van der Waals surface area (Å²) in [4.78, 5) is 40.9. The van der Waals surface area contributed by atoms with Crippen molar-refractivity contribution in [2.24, 2.45) is 5.92 Å². The molecule has 1 N–H and O–H groups in total. The molecule has 6 heteroatoms. The fourth-order valence-electron chi connectivity index (χ4n) is 4.23. The first-order valence-corrected chi connectivity index (χ1v) is 10.5. The molecule has 1 unspecified atom stereocenters. The SMILES string of the molecule is Cc1cccc(N2CC(C(=O)Nc3cccc(CN4CCCC4=O)c3)CC2=O)c1C. The number of amides is 3. The van der Waals surface area contributed by atoms with Crippen LogP contribution in [-0.4, -0.2) is 35.7 Å². The van der Waals surface area contributed by atoms with Gasteiger partial charge in [-0.1, -0.05) is 24.3 Å². The average Bonchev–Trinajstić information content (AvgIpc) is 3.30. The fraction of sp³-hybridized carbons (Fsp3) is 0.375. The molecule has 6 nitrogen and oxygen atoms in total. The van der Waals surface area contributed by atoms with Crippen molar-refractivity contribution in [3.05, 3.63) is 59.2 Å². The summed E-state index contributed by atoms with van der Waals surface area (Å²) < 4.78 is 0. The quantitative estimate of drug-likeness (QED) is 0.829. The van der Waals surface area contributed by atoms with E-state index in [2.05, 4.69) is 5.32 Å². The third kappa shape index (κ3) is 4.08. The van der Waals surface area contributed by atoms with Gasteiger partial charge in [0.05, 0.1) is 5.92 Å². The van der Waals surface area contributed by atoms with E-state index >= 15 is 0 Å². The van der Waals surface area contributed by atoms with Gasteiger partial charge in [-0.3, -0.25) is 14.4 Å². The van der Waals surface area contributed by atoms with Crippen LogP contribution >= 0.6 is 0 Å². The van der Waals surface area contributed by atoms with Gasteiger partial charge in [0.25, 0.3) is 0 Å². The van der Waals surface area contributed by atoms with Crippen LogP contribution in [-0.2, 0) is 20.9 Å². The third-order valence-corrected chi connectivity index (χ3v) is 6.10. The highest BCUT2D eigenvalue weighted by molar-refractivity contribution is 6.04. The molecule has 2 aromatic carbocycles. The van der Waals surface area contributed by atoms with Crippen LogP contribution in [0.25, 0.3) is 0 Å². The van der Waals surface area contributed by atoms with Crippen molar-refractivity contribution < 1.29 is 14.4 Å². The molecule has 2 aliphatic heterocycles. The first-order chi connectivity index (χ1) is 14.4. The van der Waals surface area contributed by atoms with Crippen LogP contribution in [0.3, 0.4) is 0 Å². The number of rotatable bonds is 5. The number of hydrogen-bond donors (Lipinski definition) is 1. The largest absolute Gasteiger partial charge is 0.338 e. The Labute approximate surface area is 176 Å². The van der Waals surface area contributed by atoms with Gasteiger partial charge in [-0.05, 0) is 55.2 Å². The Morgan fingerprint density at radius 3 is 2.67 bits per heavy atom. The molecule has 3 amide bonds. The lowest BCUT2D eigenvalue weighted by Gasteiger charge is -2.20. The van der Waals surface area contributed by atoms with Crippen LogP contribution in [0.1, 0.15) is 36.0 Å². The smallest absolute Gasteiger partial charge is 0.229 e. The second kappa shape index (κ2) is 8.30. The molecule has 2 heterocycles. The Hall–Kier alpha value is -3.15. The highest BCUT2D eigenvalue weighted by atomic mass is 16.2. The van der Waals surface area contributed by atoms with Crippen molar-refractivity contribution in [2.45, 2.75) is 39.7 Å². The zero-order chi connectivity index (χ0) is 21.3. The van der Waals surface area contributed by atoms with Crippen molar-refractivity contribution in [1.82, 2.24) is 4.90 Å². The topological polar surface area (TPSA) is 69.7 Å². The van der Waals surface area contributed by atoms with Crippen molar-refractivity contribution in [2.75, 3.05) is 23.3 Å². The highest BCUT2D eigenvalue weighted by Crippen LogP contribution is 2.30. The molecule has 2 aromatic rings. The Morgan fingerprint density at radius 1 is 1.10 bits per heavy atom. The number of nitrogens with zero attached hydrogens (tertiary/aromatic N) is 2. The molecule has 1 atom stereocenters. The molecule has 2 aliphatic rings. The molecule has 156 valence electrons. The maximum Gasteiger partial charge on any atom is 0.229 e. The van der Waals surface area contributed by atoms with E-state index in [9.17, 15) is 14.4 Å². The van der Waals surface area contributed by atoms with Gasteiger partial charge in [0.2, 0.25) is 17.7 Å². The molecule has 0 aromatic heterocycles. The van der Waals surface area contributed by atoms with E-state index in [0.29, 0.717) is 25.2 Å². The monoisotopic (exact) mass is 405 g/mol. The molecule has 0 aliphatic carbocycles. The van der Waals surface area contributed by atoms with E-state index in [1.807, 2.05) is 61.2 Å². The van der Waals surface area contributed by atoms with Crippen LogP contribution < -0.4 is 10.2 Å². The molecule has 0 spiro atoms. The van der Waals surface area contributed by atoms with Gasteiger partial charge in [-0.25, -0.2) is 0 Å². The highest BCUT2D eigenvalue weighted by Gasteiger charge is 2.35. The van der Waals surface area contributed by atoms with Crippen LogP contribution in [0, 0.1) is 19.8 Å². The summed E-state index contributed by atoms with van der Waals surface area (Å²) in [6.45, 7) is 5.75. The van der Waals surface area contributed by atoms with Crippen molar-refractivity contribution in [1.29, 1.82) is 0 Å². The van der Waals surface area contributed by atoms with Gasteiger partial charge < -0.3 is 15.1 Å². The van der Waals surface area contributed by atoms with Crippen molar-refractivity contribution >= 4 is 29.1 Å². The van der Waals surface area contributed by atoms with Gasteiger partial charge in [-0.2, -0.15) is 0 Å². The number of hydrogen-bond acceptors (Lipinski definition) is 3. The number of anilines is 2. The zero-order valence-electron chi connectivity index (χ0n) is 17.5. The Kier molecular flexibility index (Phi) is 5.57. The van der Waals surface area contributed by atoms with Crippen LogP contribution in [0.4, 0.5) is 11.4 Å². The lowest BCUT2D eigenvalue weighted by molar-refractivity contribution is -0.128. The van der Waals surface area contributed by atoms with Crippen molar-refractivity contribution in [3.63, 3.8) is 0 Å². The Morgan fingerprint density at radius 2 is 1.90 bits per heavy atom. The normalized spacial score (nSPS) is 18.9. The third-order valence-electron chi connectivity index (χ3n) is 6.10. The minimum absolute atomic E-state index is 0.0230. The molecule has 2 fully saturated rings. The van der Waals surface area contributed by atoms with Crippen LogP contribution in [0.2, 0.25) is 0 Å². The molecule has 30 heavy (non-hydrogen) atoms. The van der Waals surface area contributed by atoms with Crippen molar-refractivity contribution in [3.8, 4) is 0 Å². The standard InChI is InChI=1S/C24H27N3O3/c1-16-6-3-9-21(17(16)2)27-15-19(13-23(27)29)24(30)25-20-8-4-7-18(12-20)14-26-11-5-10-22(26)28/h3-4,6-9,12,19H,5,10-11,13-15H2,1-2H3,(H,25,30). The van der Waals surface area contributed by atoms with Gasteiger partial charge in [0.15, 0.2) is 0 Å². The maximum absolute atomic E-state index is 12.8. The number of likely N-dealkylation sites (tertiary alicyclic amines) is 1. The molecular formula is C24H27N3O3. The maximum atomic E-state index is 12.8. The summed E-state index contributed by atoms with van der Waals surface area (Å²) in [5.74, 6) is -0.377. The first kappa shape index (κ1) is 20.1. The predicted octanol–water partition coefficient (Wildman–Crippen LogP) is 3.42. The minimum atomic E-state index is -0.388. The summed E-state index contributed by atoms with van der Waals surface area (Å²) in [6, 6.07) is 13.5. The number of benzene rings is 2. The summed E-state index contributed by atoms with van der Waals surface area (Å²) >= 11 is 0. The van der Waals surface area contributed by atoms with E-state index in [1.165, 1.54) is 0 Å². The summed E-state index contributed by atoms with van der Waals surface area (Å²) in [6.07, 6.45) is 1.73. The second-order valence-corrected chi connectivity index (χ2v) is 8.23. The summed E-state index contributed by atoms with van der Waals surface area (Å²) in [5.41, 5.74) is 4.76. The van der Waals surface area contributed by atoms with E-state index in [0.717, 1.165) is 35.3 Å². The summed E-state index contributed by atoms with van der Waals surface area (Å²) in [7, 11) is 0.